The molecule has 0 fully saturated rings. The quantitative estimate of drug-likeness (QED) is 0.485. The van der Waals surface area contributed by atoms with Crippen LogP contribution in [-0.4, -0.2) is 69.2 Å². The molecule has 0 saturated heterocycles. The van der Waals surface area contributed by atoms with E-state index >= 15 is 0 Å². The number of carbonyl (C=O) groups excluding carboxylic acids is 3. The largest absolute Gasteiger partial charge is 0.497 e. The van der Waals surface area contributed by atoms with Crippen molar-refractivity contribution in [1.82, 2.24) is 4.90 Å². The molecule has 1 aliphatic heterocycles. The van der Waals surface area contributed by atoms with Crippen molar-refractivity contribution < 1.29 is 28.6 Å². The van der Waals surface area contributed by atoms with Crippen molar-refractivity contribution in [2.24, 2.45) is 0 Å². The number of rotatable bonds is 8. The van der Waals surface area contributed by atoms with Crippen LogP contribution in [0.15, 0.2) is 53.4 Å². The Balaban J connectivity index is 0.00000432. The number of ether oxygens (including phenoxy) is 3. The molecule has 2 aromatic rings. The third-order valence-corrected chi connectivity index (χ3v) is 6.59. The van der Waals surface area contributed by atoms with Gasteiger partial charge in [0.15, 0.2) is 6.10 Å². The average Bonchev–Trinajstić information content (AvgIpc) is 2.88. The lowest BCUT2D eigenvalue weighted by atomic mass is 10.1. The monoisotopic (exact) mass is 522 g/mol. The Hall–Kier alpha value is -2.75. The molecule has 0 bridgehead atoms. The van der Waals surface area contributed by atoms with Gasteiger partial charge in [-0.25, -0.2) is 0 Å². The highest BCUT2D eigenvalue weighted by Crippen LogP contribution is 2.47. The van der Waals surface area contributed by atoms with Gasteiger partial charge in [-0.15, -0.1) is 24.2 Å². The van der Waals surface area contributed by atoms with E-state index < -0.39 is 29.4 Å². The number of esters is 2. The summed E-state index contributed by atoms with van der Waals surface area (Å²) in [5, 5.41) is -0.477. The van der Waals surface area contributed by atoms with E-state index in [9.17, 15) is 14.4 Å². The molecule has 0 saturated carbocycles. The van der Waals surface area contributed by atoms with Crippen molar-refractivity contribution in [3.63, 3.8) is 0 Å². The number of hydrogen-bond donors (Lipinski definition) is 0. The van der Waals surface area contributed by atoms with Crippen LogP contribution in [-0.2, 0) is 23.9 Å². The predicted octanol–water partition coefficient (Wildman–Crippen LogP) is 3.72. The Kier molecular flexibility index (Phi) is 10.4. The van der Waals surface area contributed by atoms with Crippen LogP contribution in [0.1, 0.15) is 24.7 Å². The minimum absolute atomic E-state index is 0. The molecule has 1 unspecified atom stereocenters. The normalized spacial score (nSPS) is 18.1. The fourth-order valence-corrected chi connectivity index (χ4v) is 5.19. The van der Waals surface area contributed by atoms with Crippen LogP contribution in [0.3, 0.4) is 0 Å². The number of fused-ring (bicyclic) bond motifs is 1. The van der Waals surface area contributed by atoms with E-state index in [0.29, 0.717) is 18.0 Å². The minimum atomic E-state index is -1.07. The van der Waals surface area contributed by atoms with E-state index in [1.807, 2.05) is 67.5 Å². The molecule has 190 valence electrons. The number of likely N-dealkylation sites (N-methyl/N-ethyl adjacent to an activating group) is 1. The third-order valence-electron chi connectivity index (χ3n) is 5.22. The van der Waals surface area contributed by atoms with Gasteiger partial charge in [0.1, 0.15) is 11.9 Å². The van der Waals surface area contributed by atoms with Gasteiger partial charge in [0.05, 0.1) is 24.6 Å². The molecule has 3 atom stereocenters. The van der Waals surface area contributed by atoms with Crippen molar-refractivity contribution in [1.29, 1.82) is 0 Å². The number of thioether (sulfide) groups is 1. The lowest BCUT2D eigenvalue weighted by Crippen LogP contribution is -2.48. The molecular weight excluding hydrogens is 492 g/mol. The number of carbonyl (C=O) groups is 3. The van der Waals surface area contributed by atoms with Crippen molar-refractivity contribution >= 4 is 47.7 Å². The van der Waals surface area contributed by atoms with Gasteiger partial charge in [-0.2, -0.15) is 0 Å². The zero-order valence-corrected chi connectivity index (χ0v) is 22.1. The van der Waals surface area contributed by atoms with Crippen molar-refractivity contribution in [3.05, 3.63) is 54.1 Å². The van der Waals surface area contributed by atoms with Crippen LogP contribution in [0.25, 0.3) is 0 Å². The molecular formula is C25H31ClN2O6S. The summed E-state index contributed by atoms with van der Waals surface area (Å²) in [5.41, 5.74) is 1.51. The fraction of sp³-hybridized carbons (Fsp3) is 0.400. The summed E-state index contributed by atoms with van der Waals surface area (Å²) < 4.78 is 16.4. The molecule has 0 aromatic heterocycles. The second-order valence-corrected chi connectivity index (χ2v) is 9.44. The summed E-state index contributed by atoms with van der Waals surface area (Å²) in [5.74, 6) is -0.658. The Morgan fingerprint density at radius 1 is 1.06 bits per heavy atom. The van der Waals surface area contributed by atoms with E-state index in [4.69, 9.17) is 14.2 Å². The third kappa shape index (κ3) is 7.37. The maximum atomic E-state index is 13.9. The SMILES string of the molecule is COc1ccc([C@@H]2Sc3ccccc3N(CC(CN(C)C)OC(C)=O)C(=O)[C@H]2OC(C)=O)cc1.Cl. The van der Waals surface area contributed by atoms with Crippen molar-refractivity contribution in [2.45, 2.75) is 36.2 Å². The van der Waals surface area contributed by atoms with Gasteiger partial charge in [-0.05, 0) is 43.9 Å². The van der Waals surface area contributed by atoms with Gasteiger partial charge < -0.3 is 24.0 Å². The first-order valence-electron chi connectivity index (χ1n) is 10.9. The standard InChI is InChI=1S/C25H30N2O6S.ClH/c1-16(28)32-20(14-26(3)4)15-27-21-8-6-7-9-22(21)34-24(23(25(27)30)33-17(2)29)18-10-12-19(31-5)13-11-18;/h6-13,20,23-24H,14-15H2,1-5H3;1H/t20?,23-,24-;/m0./s1. The Bertz CT molecular complexity index is 1030. The van der Waals surface area contributed by atoms with Crippen LogP contribution in [0.4, 0.5) is 5.69 Å². The number of halogens is 1. The Morgan fingerprint density at radius 3 is 2.29 bits per heavy atom. The molecule has 1 aliphatic rings. The summed E-state index contributed by atoms with van der Waals surface area (Å²) in [4.78, 5) is 42.0. The number of methoxy groups -OCH3 is 1. The second kappa shape index (κ2) is 12.8. The smallest absolute Gasteiger partial charge is 0.303 e. The summed E-state index contributed by atoms with van der Waals surface area (Å²) in [7, 11) is 5.32. The number of benzene rings is 2. The predicted molar refractivity (Wildman–Crippen MR) is 137 cm³/mol. The van der Waals surface area contributed by atoms with Gasteiger partial charge in [0.2, 0.25) is 0 Å². The van der Waals surface area contributed by atoms with E-state index in [2.05, 4.69) is 0 Å². The van der Waals surface area contributed by atoms with Crippen LogP contribution in [0, 0.1) is 0 Å². The first-order chi connectivity index (χ1) is 16.2. The zero-order valence-electron chi connectivity index (χ0n) is 20.4. The number of hydrogen-bond acceptors (Lipinski definition) is 8. The molecule has 10 heteroatoms. The van der Waals surface area contributed by atoms with Crippen LogP contribution < -0.4 is 9.64 Å². The summed E-state index contributed by atoms with van der Waals surface area (Å²) in [6.45, 7) is 3.19. The molecule has 1 amide bonds. The summed E-state index contributed by atoms with van der Waals surface area (Å²) >= 11 is 1.46. The molecule has 3 rings (SSSR count). The van der Waals surface area contributed by atoms with Crippen LogP contribution in [0.5, 0.6) is 5.75 Å². The number of nitrogens with zero attached hydrogens (tertiary/aromatic N) is 2. The molecule has 0 radical (unpaired) electrons. The molecule has 8 nitrogen and oxygen atoms in total. The van der Waals surface area contributed by atoms with E-state index in [1.165, 1.54) is 25.6 Å². The van der Waals surface area contributed by atoms with E-state index in [-0.39, 0.29) is 24.9 Å². The Labute approximate surface area is 216 Å². The first-order valence-corrected chi connectivity index (χ1v) is 11.8. The molecule has 0 spiro atoms. The first kappa shape index (κ1) is 28.5. The maximum absolute atomic E-state index is 13.9. The highest BCUT2D eigenvalue weighted by Gasteiger charge is 2.41. The molecule has 1 heterocycles. The van der Waals surface area contributed by atoms with E-state index in [0.717, 1.165) is 10.5 Å². The number of amides is 1. The fourth-order valence-electron chi connectivity index (χ4n) is 3.87. The maximum Gasteiger partial charge on any atom is 0.303 e. The molecule has 0 aliphatic carbocycles. The zero-order chi connectivity index (χ0) is 24.8. The van der Waals surface area contributed by atoms with Gasteiger partial charge in [0, 0.05) is 25.3 Å². The van der Waals surface area contributed by atoms with Crippen LogP contribution in [0.2, 0.25) is 0 Å². The lowest BCUT2D eigenvalue weighted by Gasteiger charge is -2.31. The second-order valence-electron chi connectivity index (χ2n) is 8.25. The topological polar surface area (TPSA) is 85.4 Å². The van der Waals surface area contributed by atoms with Gasteiger partial charge in [-0.3, -0.25) is 14.4 Å². The van der Waals surface area contributed by atoms with E-state index in [1.54, 1.807) is 12.0 Å². The number of anilines is 1. The van der Waals surface area contributed by atoms with Gasteiger partial charge in [0.25, 0.3) is 5.91 Å². The number of para-hydroxylation sites is 1. The average molecular weight is 523 g/mol. The van der Waals surface area contributed by atoms with Crippen LogP contribution >= 0.6 is 24.2 Å². The summed E-state index contributed by atoms with van der Waals surface area (Å²) in [6.07, 6.45) is -1.63. The van der Waals surface area contributed by atoms with Crippen molar-refractivity contribution in [2.75, 3.05) is 39.2 Å². The molecule has 35 heavy (non-hydrogen) atoms. The van der Waals surface area contributed by atoms with Gasteiger partial charge >= 0.3 is 11.9 Å². The summed E-state index contributed by atoms with van der Waals surface area (Å²) in [6, 6.07) is 14.9. The molecule has 2 aromatic carbocycles. The lowest BCUT2D eigenvalue weighted by molar-refractivity contribution is -0.153. The van der Waals surface area contributed by atoms with Gasteiger partial charge in [-0.1, -0.05) is 24.3 Å². The minimum Gasteiger partial charge on any atom is -0.497 e. The highest BCUT2D eigenvalue weighted by atomic mass is 35.5. The van der Waals surface area contributed by atoms with Crippen molar-refractivity contribution in [3.8, 4) is 5.75 Å². The Morgan fingerprint density at radius 2 is 1.71 bits per heavy atom. The molecule has 0 N–H and O–H groups in total. The highest BCUT2D eigenvalue weighted by molar-refractivity contribution is 7.99.